The van der Waals surface area contributed by atoms with Gasteiger partial charge in [0.15, 0.2) is 0 Å². The van der Waals surface area contributed by atoms with E-state index in [0.29, 0.717) is 16.6 Å². The van der Waals surface area contributed by atoms with Gasteiger partial charge in [-0.3, -0.25) is 0 Å². The van der Waals surface area contributed by atoms with E-state index in [0.717, 1.165) is 0 Å². The molecular weight excluding hydrogens is 174 g/mol. The molecule has 1 aromatic carbocycles. The van der Waals surface area contributed by atoms with E-state index < -0.39 is 6.43 Å². The topological polar surface area (TPSA) is 41.8 Å². The summed E-state index contributed by atoms with van der Waals surface area (Å²) in [6.07, 6.45) is -1.17. The second-order valence-electron chi connectivity index (χ2n) is 2.81. The molecule has 0 unspecified atom stereocenters. The van der Waals surface area contributed by atoms with Crippen molar-refractivity contribution in [3.63, 3.8) is 0 Å². The second-order valence-corrected chi connectivity index (χ2v) is 2.81. The Morgan fingerprint density at radius 3 is 2.77 bits per heavy atom. The molecule has 0 bridgehead atoms. The predicted molar refractivity (Wildman–Crippen MR) is 47.7 cm³/mol. The van der Waals surface area contributed by atoms with Crippen LogP contribution in [0.4, 0.5) is 14.5 Å². The summed E-state index contributed by atoms with van der Waals surface area (Å²) in [5.41, 5.74) is 6.67. The molecule has 0 fully saturated rings. The summed E-state index contributed by atoms with van der Waals surface area (Å²) in [7, 11) is 0. The number of halogens is 2. The SMILES string of the molecule is Nc1cccc2c(C(F)F)c[nH]c12. The van der Waals surface area contributed by atoms with Crippen LogP contribution in [-0.2, 0) is 0 Å². The average molecular weight is 182 g/mol. The van der Waals surface area contributed by atoms with Crippen LogP contribution in [0.25, 0.3) is 10.9 Å². The zero-order valence-corrected chi connectivity index (χ0v) is 6.72. The Morgan fingerprint density at radius 2 is 2.08 bits per heavy atom. The summed E-state index contributed by atoms with van der Waals surface area (Å²) in [6, 6.07) is 4.97. The van der Waals surface area contributed by atoms with Gasteiger partial charge in [0.05, 0.1) is 11.2 Å². The first-order chi connectivity index (χ1) is 6.20. The van der Waals surface area contributed by atoms with E-state index in [9.17, 15) is 8.78 Å². The van der Waals surface area contributed by atoms with Crippen molar-refractivity contribution in [3.05, 3.63) is 30.0 Å². The van der Waals surface area contributed by atoms with Gasteiger partial charge in [-0.1, -0.05) is 12.1 Å². The number of anilines is 1. The van der Waals surface area contributed by atoms with E-state index >= 15 is 0 Å². The van der Waals surface area contributed by atoms with E-state index in [1.165, 1.54) is 6.20 Å². The third kappa shape index (κ3) is 1.14. The van der Waals surface area contributed by atoms with Gasteiger partial charge in [-0.2, -0.15) is 0 Å². The minimum Gasteiger partial charge on any atom is -0.397 e. The highest BCUT2D eigenvalue weighted by Crippen LogP contribution is 2.29. The lowest BCUT2D eigenvalue weighted by Crippen LogP contribution is -1.85. The lowest BCUT2D eigenvalue weighted by Gasteiger charge is -1.97. The second kappa shape index (κ2) is 2.73. The normalized spacial score (nSPS) is 11.3. The van der Waals surface area contributed by atoms with Crippen LogP contribution >= 0.6 is 0 Å². The Labute approximate surface area is 73.4 Å². The van der Waals surface area contributed by atoms with E-state index in [4.69, 9.17) is 5.73 Å². The first-order valence-corrected chi connectivity index (χ1v) is 3.84. The Kier molecular flexibility index (Phi) is 1.69. The van der Waals surface area contributed by atoms with Crippen molar-refractivity contribution in [2.24, 2.45) is 0 Å². The molecule has 0 saturated carbocycles. The molecule has 4 heteroatoms. The van der Waals surface area contributed by atoms with Gasteiger partial charge in [0.2, 0.25) is 0 Å². The van der Waals surface area contributed by atoms with Crippen molar-refractivity contribution in [1.29, 1.82) is 0 Å². The number of fused-ring (bicyclic) bond motifs is 1. The van der Waals surface area contributed by atoms with Crippen molar-refractivity contribution in [3.8, 4) is 0 Å². The summed E-state index contributed by atoms with van der Waals surface area (Å²) < 4.78 is 24.8. The summed E-state index contributed by atoms with van der Waals surface area (Å²) in [5.74, 6) is 0. The third-order valence-electron chi connectivity index (χ3n) is 2.01. The average Bonchev–Trinajstić information content (AvgIpc) is 2.48. The van der Waals surface area contributed by atoms with Crippen molar-refractivity contribution in [2.75, 3.05) is 5.73 Å². The van der Waals surface area contributed by atoms with Crippen LogP contribution in [-0.4, -0.2) is 4.98 Å². The summed E-state index contributed by atoms with van der Waals surface area (Å²) >= 11 is 0. The lowest BCUT2D eigenvalue weighted by molar-refractivity contribution is 0.153. The molecule has 0 spiro atoms. The van der Waals surface area contributed by atoms with E-state index in [1.807, 2.05) is 0 Å². The molecule has 0 atom stereocenters. The minimum absolute atomic E-state index is 0.00213. The number of H-pyrrole nitrogens is 1. The Bertz CT molecular complexity index is 434. The van der Waals surface area contributed by atoms with Crippen molar-refractivity contribution < 1.29 is 8.78 Å². The van der Waals surface area contributed by atoms with Crippen LogP contribution in [0, 0.1) is 0 Å². The molecule has 1 aromatic heterocycles. The molecule has 2 rings (SSSR count). The van der Waals surface area contributed by atoms with Gasteiger partial charge in [0.1, 0.15) is 0 Å². The molecule has 68 valence electrons. The molecular formula is C9H8F2N2. The number of hydrogen-bond donors (Lipinski definition) is 2. The maximum atomic E-state index is 12.4. The van der Waals surface area contributed by atoms with Gasteiger partial charge in [0, 0.05) is 17.1 Å². The van der Waals surface area contributed by atoms with Crippen molar-refractivity contribution in [2.45, 2.75) is 6.43 Å². The fourth-order valence-corrected chi connectivity index (χ4v) is 1.38. The van der Waals surface area contributed by atoms with Crippen molar-refractivity contribution in [1.82, 2.24) is 4.98 Å². The van der Waals surface area contributed by atoms with Crippen LogP contribution in [0.2, 0.25) is 0 Å². The number of nitrogens with one attached hydrogen (secondary N) is 1. The van der Waals surface area contributed by atoms with Crippen LogP contribution in [0.5, 0.6) is 0 Å². The van der Waals surface area contributed by atoms with E-state index in [-0.39, 0.29) is 5.56 Å². The maximum absolute atomic E-state index is 12.4. The molecule has 0 amide bonds. The maximum Gasteiger partial charge on any atom is 0.265 e. The largest absolute Gasteiger partial charge is 0.397 e. The molecule has 3 N–H and O–H groups in total. The Morgan fingerprint density at radius 1 is 1.31 bits per heavy atom. The predicted octanol–water partition coefficient (Wildman–Crippen LogP) is 2.69. The highest BCUT2D eigenvalue weighted by Gasteiger charge is 2.13. The number of hydrogen-bond acceptors (Lipinski definition) is 1. The summed E-state index contributed by atoms with van der Waals surface area (Å²) in [4.78, 5) is 2.73. The number of aromatic amines is 1. The van der Waals surface area contributed by atoms with Gasteiger partial charge >= 0.3 is 0 Å². The zero-order valence-electron chi connectivity index (χ0n) is 6.72. The van der Waals surface area contributed by atoms with Gasteiger partial charge in [-0.15, -0.1) is 0 Å². The summed E-state index contributed by atoms with van der Waals surface area (Å²) in [6.45, 7) is 0. The number of alkyl halides is 2. The molecule has 1 heterocycles. The molecule has 2 aromatic rings. The Balaban J connectivity index is 2.75. The van der Waals surface area contributed by atoms with Crippen LogP contribution in [0.1, 0.15) is 12.0 Å². The van der Waals surface area contributed by atoms with Gasteiger partial charge in [-0.05, 0) is 6.07 Å². The van der Waals surface area contributed by atoms with Gasteiger partial charge in [-0.25, -0.2) is 8.78 Å². The van der Waals surface area contributed by atoms with Crippen LogP contribution in [0.3, 0.4) is 0 Å². The highest BCUT2D eigenvalue weighted by atomic mass is 19.3. The molecule has 0 aliphatic heterocycles. The van der Waals surface area contributed by atoms with Crippen LogP contribution < -0.4 is 5.73 Å². The molecule has 0 aliphatic carbocycles. The number of aromatic nitrogens is 1. The minimum atomic E-state index is -2.46. The lowest BCUT2D eigenvalue weighted by atomic mass is 10.1. The molecule has 13 heavy (non-hydrogen) atoms. The quantitative estimate of drug-likeness (QED) is 0.654. The molecule has 2 nitrogen and oxygen atoms in total. The first-order valence-electron chi connectivity index (χ1n) is 3.84. The summed E-state index contributed by atoms with van der Waals surface area (Å²) in [5, 5.41) is 0.495. The number of nitrogen functional groups attached to an aromatic ring is 1. The fourth-order valence-electron chi connectivity index (χ4n) is 1.38. The number of benzene rings is 1. The third-order valence-corrected chi connectivity index (χ3v) is 2.01. The first kappa shape index (κ1) is 8.04. The Hall–Kier alpha value is -1.58. The van der Waals surface area contributed by atoms with Crippen molar-refractivity contribution >= 4 is 16.6 Å². The smallest absolute Gasteiger partial charge is 0.265 e. The standard InChI is InChI=1S/C9H8F2N2/c10-9(11)6-4-13-8-5(6)2-1-3-7(8)12/h1-4,9,13H,12H2. The zero-order chi connectivity index (χ0) is 9.42. The van der Waals surface area contributed by atoms with Gasteiger partial charge < -0.3 is 10.7 Å². The van der Waals surface area contributed by atoms with E-state index in [1.54, 1.807) is 18.2 Å². The number of rotatable bonds is 1. The fraction of sp³-hybridized carbons (Fsp3) is 0.111. The number of nitrogens with two attached hydrogens (primary N) is 1. The van der Waals surface area contributed by atoms with Gasteiger partial charge in [0.25, 0.3) is 6.43 Å². The van der Waals surface area contributed by atoms with E-state index in [2.05, 4.69) is 4.98 Å². The number of para-hydroxylation sites is 1. The molecule has 0 aliphatic rings. The molecule has 0 radical (unpaired) electrons. The monoisotopic (exact) mass is 182 g/mol. The highest BCUT2D eigenvalue weighted by molar-refractivity contribution is 5.92. The molecule has 0 saturated heterocycles. The van der Waals surface area contributed by atoms with Crippen LogP contribution in [0.15, 0.2) is 24.4 Å².